The highest BCUT2D eigenvalue weighted by molar-refractivity contribution is 5.96. The monoisotopic (exact) mass is 340 g/mol. The third-order valence-electron chi connectivity index (χ3n) is 3.80. The number of imidazole rings is 1. The van der Waals surface area contributed by atoms with Crippen LogP contribution in [0.1, 0.15) is 6.92 Å². The second kappa shape index (κ2) is 6.72. The highest BCUT2D eigenvalue weighted by Crippen LogP contribution is 2.23. The molecule has 7 heteroatoms. The Labute approximate surface area is 143 Å². The summed E-state index contributed by atoms with van der Waals surface area (Å²) in [4.78, 5) is 32.1. The van der Waals surface area contributed by atoms with Crippen LogP contribution in [0.4, 0.5) is 10.1 Å². The van der Waals surface area contributed by atoms with Gasteiger partial charge in [-0.05, 0) is 42.5 Å². The SMILES string of the molecule is CC(=O)N(C)CC(=O)Nc1ccc2nc(-c3ccc(F)cc3)[nH]c2c1. The highest BCUT2D eigenvalue weighted by atomic mass is 19.1. The number of hydrogen-bond donors (Lipinski definition) is 2. The highest BCUT2D eigenvalue weighted by Gasteiger charge is 2.11. The molecule has 0 radical (unpaired) electrons. The first kappa shape index (κ1) is 16.6. The Bertz CT molecular complexity index is 934. The second-order valence-electron chi connectivity index (χ2n) is 5.75. The van der Waals surface area contributed by atoms with Crippen molar-refractivity contribution in [2.24, 2.45) is 0 Å². The summed E-state index contributed by atoms with van der Waals surface area (Å²) in [5.41, 5.74) is 2.85. The van der Waals surface area contributed by atoms with Crippen molar-refractivity contribution >= 4 is 28.5 Å². The predicted molar refractivity (Wildman–Crippen MR) is 93.4 cm³/mol. The molecule has 0 fully saturated rings. The van der Waals surface area contributed by atoms with Crippen LogP contribution < -0.4 is 5.32 Å². The molecule has 3 rings (SSSR count). The molecule has 1 heterocycles. The van der Waals surface area contributed by atoms with E-state index in [4.69, 9.17) is 0 Å². The van der Waals surface area contributed by atoms with E-state index in [0.717, 1.165) is 16.6 Å². The number of aromatic amines is 1. The Morgan fingerprint density at radius 1 is 1.20 bits per heavy atom. The maximum atomic E-state index is 13.0. The fraction of sp³-hybridized carbons (Fsp3) is 0.167. The van der Waals surface area contributed by atoms with Crippen molar-refractivity contribution in [1.82, 2.24) is 14.9 Å². The number of anilines is 1. The van der Waals surface area contributed by atoms with Crippen molar-refractivity contribution in [3.63, 3.8) is 0 Å². The van der Waals surface area contributed by atoms with Gasteiger partial charge in [0, 0.05) is 25.2 Å². The minimum Gasteiger partial charge on any atom is -0.338 e. The lowest BCUT2D eigenvalue weighted by Crippen LogP contribution is -2.33. The fourth-order valence-corrected chi connectivity index (χ4v) is 2.36. The quantitative estimate of drug-likeness (QED) is 0.766. The summed E-state index contributed by atoms with van der Waals surface area (Å²) in [5.74, 6) is -0.145. The summed E-state index contributed by atoms with van der Waals surface area (Å²) in [6.45, 7) is 1.39. The van der Waals surface area contributed by atoms with Gasteiger partial charge in [0.1, 0.15) is 11.6 Å². The Hall–Kier alpha value is -3.22. The number of rotatable bonds is 4. The lowest BCUT2D eigenvalue weighted by molar-refractivity contribution is -0.131. The van der Waals surface area contributed by atoms with Crippen LogP contribution in [0.5, 0.6) is 0 Å². The Kier molecular flexibility index (Phi) is 4.47. The Morgan fingerprint density at radius 3 is 2.60 bits per heavy atom. The molecular formula is C18H17FN4O2. The van der Waals surface area contributed by atoms with Crippen molar-refractivity contribution in [2.45, 2.75) is 6.92 Å². The van der Waals surface area contributed by atoms with Gasteiger partial charge >= 0.3 is 0 Å². The summed E-state index contributed by atoms with van der Waals surface area (Å²) in [5, 5.41) is 2.75. The molecule has 2 amide bonds. The number of amides is 2. The Balaban J connectivity index is 1.79. The van der Waals surface area contributed by atoms with Crippen LogP contribution in [-0.4, -0.2) is 40.3 Å². The van der Waals surface area contributed by atoms with Gasteiger partial charge in [0.15, 0.2) is 0 Å². The van der Waals surface area contributed by atoms with Gasteiger partial charge < -0.3 is 15.2 Å². The van der Waals surface area contributed by atoms with E-state index in [9.17, 15) is 14.0 Å². The van der Waals surface area contributed by atoms with Crippen LogP contribution in [0, 0.1) is 5.82 Å². The zero-order valence-corrected chi connectivity index (χ0v) is 13.8. The number of H-pyrrole nitrogens is 1. The summed E-state index contributed by atoms with van der Waals surface area (Å²) in [6, 6.07) is 11.3. The molecule has 1 aromatic heterocycles. The average molecular weight is 340 g/mol. The van der Waals surface area contributed by atoms with Crippen molar-refractivity contribution in [1.29, 1.82) is 0 Å². The van der Waals surface area contributed by atoms with E-state index in [1.807, 2.05) is 0 Å². The van der Waals surface area contributed by atoms with Crippen LogP contribution >= 0.6 is 0 Å². The molecule has 3 aromatic rings. The molecule has 0 unspecified atom stereocenters. The number of nitrogens with zero attached hydrogens (tertiary/aromatic N) is 2. The van der Waals surface area contributed by atoms with Gasteiger partial charge in [-0.2, -0.15) is 0 Å². The molecule has 0 spiro atoms. The number of carbonyl (C=O) groups is 2. The average Bonchev–Trinajstić information content (AvgIpc) is 2.98. The van der Waals surface area contributed by atoms with Gasteiger partial charge in [0.05, 0.1) is 17.6 Å². The molecule has 0 aliphatic heterocycles. The van der Waals surface area contributed by atoms with E-state index in [1.54, 1.807) is 37.4 Å². The van der Waals surface area contributed by atoms with Crippen molar-refractivity contribution in [3.8, 4) is 11.4 Å². The van der Waals surface area contributed by atoms with Gasteiger partial charge in [-0.1, -0.05) is 0 Å². The number of aromatic nitrogens is 2. The van der Waals surface area contributed by atoms with Crippen LogP contribution in [0.2, 0.25) is 0 Å². The lowest BCUT2D eigenvalue weighted by Gasteiger charge is -2.14. The smallest absolute Gasteiger partial charge is 0.243 e. The third-order valence-corrected chi connectivity index (χ3v) is 3.80. The van der Waals surface area contributed by atoms with E-state index in [-0.39, 0.29) is 24.2 Å². The maximum Gasteiger partial charge on any atom is 0.243 e. The first-order valence-corrected chi connectivity index (χ1v) is 7.69. The van der Waals surface area contributed by atoms with Gasteiger partial charge in [-0.15, -0.1) is 0 Å². The molecule has 128 valence electrons. The van der Waals surface area contributed by atoms with E-state index < -0.39 is 0 Å². The van der Waals surface area contributed by atoms with E-state index >= 15 is 0 Å². The van der Waals surface area contributed by atoms with Gasteiger partial charge in [-0.3, -0.25) is 9.59 Å². The molecule has 0 saturated carbocycles. The zero-order valence-electron chi connectivity index (χ0n) is 13.8. The molecular weight excluding hydrogens is 323 g/mol. The predicted octanol–water partition coefficient (Wildman–Crippen LogP) is 2.79. The van der Waals surface area contributed by atoms with Gasteiger partial charge in [-0.25, -0.2) is 9.37 Å². The zero-order chi connectivity index (χ0) is 18.0. The molecule has 25 heavy (non-hydrogen) atoms. The molecule has 0 aliphatic carbocycles. The van der Waals surface area contributed by atoms with Crippen LogP contribution in [0.25, 0.3) is 22.4 Å². The molecule has 2 aromatic carbocycles. The number of halogens is 1. The number of likely N-dealkylation sites (N-methyl/N-ethyl adjacent to an activating group) is 1. The second-order valence-corrected chi connectivity index (χ2v) is 5.75. The van der Waals surface area contributed by atoms with Crippen molar-refractivity contribution in [2.75, 3.05) is 18.9 Å². The summed E-state index contributed by atoms with van der Waals surface area (Å²) >= 11 is 0. The third kappa shape index (κ3) is 3.82. The maximum absolute atomic E-state index is 13.0. The number of hydrogen-bond acceptors (Lipinski definition) is 3. The number of benzene rings is 2. The molecule has 6 nitrogen and oxygen atoms in total. The van der Waals surface area contributed by atoms with Crippen LogP contribution in [0.15, 0.2) is 42.5 Å². The molecule has 0 saturated heterocycles. The number of nitrogens with one attached hydrogen (secondary N) is 2. The summed E-state index contributed by atoms with van der Waals surface area (Å²) in [7, 11) is 1.56. The Morgan fingerprint density at radius 2 is 1.92 bits per heavy atom. The normalized spacial score (nSPS) is 10.7. The summed E-state index contributed by atoms with van der Waals surface area (Å²) < 4.78 is 13.0. The van der Waals surface area contributed by atoms with Gasteiger partial charge in [0.2, 0.25) is 11.8 Å². The summed E-state index contributed by atoms with van der Waals surface area (Å²) in [6.07, 6.45) is 0. The molecule has 0 aliphatic rings. The fourth-order valence-electron chi connectivity index (χ4n) is 2.36. The number of carbonyl (C=O) groups excluding carboxylic acids is 2. The standard InChI is InChI=1S/C18H17FN4O2/c1-11(24)23(2)10-17(25)20-14-7-8-15-16(9-14)22-18(21-15)12-3-5-13(19)6-4-12/h3-9H,10H2,1-2H3,(H,20,25)(H,21,22). The van der Waals surface area contributed by atoms with Crippen molar-refractivity contribution < 1.29 is 14.0 Å². The van der Waals surface area contributed by atoms with E-state index in [2.05, 4.69) is 15.3 Å². The number of fused-ring (bicyclic) bond motifs is 1. The lowest BCUT2D eigenvalue weighted by atomic mass is 10.2. The molecule has 0 atom stereocenters. The minimum atomic E-state index is -0.305. The molecule has 0 bridgehead atoms. The van der Waals surface area contributed by atoms with E-state index in [0.29, 0.717) is 11.5 Å². The minimum absolute atomic E-state index is 0.0167. The molecule has 2 N–H and O–H groups in total. The first-order valence-electron chi connectivity index (χ1n) is 7.69. The van der Waals surface area contributed by atoms with Crippen molar-refractivity contribution in [3.05, 3.63) is 48.3 Å². The van der Waals surface area contributed by atoms with Gasteiger partial charge in [0.25, 0.3) is 0 Å². The van der Waals surface area contributed by atoms with Crippen LogP contribution in [0.3, 0.4) is 0 Å². The largest absolute Gasteiger partial charge is 0.338 e. The van der Waals surface area contributed by atoms with Crippen LogP contribution in [-0.2, 0) is 9.59 Å². The topological polar surface area (TPSA) is 78.1 Å². The first-order chi connectivity index (χ1) is 11.9. The van der Waals surface area contributed by atoms with E-state index in [1.165, 1.54) is 24.0 Å².